The zero-order valence-corrected chi connectivity index (χ0v) is 6.59. The van der Waals surface area contributed by atoms with Gasteiger partial charge in [-0.25, -0.2) is 0 Å². The molecule has 0 atom stereocenters. The van der Waals surface area contributed by atoms with Gasteiger partial charge < -0.3 is 0 Å². The van der Waals surface area contributed by atoms with Gasteiger partial charge in [-0.15, -0.1) is 0 Å². The molecule has 5 heteroatoms. The average Bonchev–Trinajstić information content (AvgIpc) is 0.722. The van der Waals surface area contributed by atoms with Gasteiger partial charge in [0.2, 0.25) is 0 Å². The number of hydrogen-bond acceptors (Lipinski definition) is 0. The smallest absolute Gasteiger partial charge is 0.0235 e. The topological polar surface area (TPSA) is 0 Å². The van der Waals surface area contributed by atoms with E-state index in [9.17, 15) is 0 Å². The molecule has 0 aliphatic rings. The molecule has 0 fully saturated rings. The van der Waals surface area contributed by atoms with Crippen molar-refractivity contribution in [1.29, 1.82) is 0 Å². The fourth-order valence-corrected chi connectivity index (χ4v) is 0. The molecule has 0 aromatic heterocycles. The van der Waals surface area contributed by atoms with Gasteiger partial charge in [0.1, 0.15) is 0 Å². The van der Waals surface area contributed by atoms with Crippen molar-refractivity contribution in [3.8, 4) is 0 Å². The fourth-order valence-electron chi connectivity index (χ4n) is 0. The molecule has 34 valence electrons. The second-order valence-electron chi connectivity index (χ2n) is 0.350. The first-order valence-corrected chi connectivity index (χ1v) is 6.57. The van der Waals surface area contributed by atoms with Crippen molar-refractivity contribution in [2.24, 2.45) is 0 Å². The van der Waals surface area contributed by atoms with E-state index in [0.29, 0.717) is 0 Å². The lowest BCUT2D eigenvalue weighted by atomic mass is 31.3. The van der Waals surface area contributed by atoms with Crippen molar-refractivity contribution in [3.05, 3.63) is 0 Å². The van der Waals surface area contributed by atoms with Crippen LogP contribution in [0.1, 0.15) is 0 Å². The van der Waals surface area contributed by atoms with Crippen LogP contribution >= 0.6 is 53.0 Å². The van der Waals surface area contributed by atoms with Crippen LogP contribution in [0.4, 0.5) is 0 Å². The van der Waals surface area contributed by atoms with Gasteiger partial charge in [0, 0.05) is 14.8 Å². The molecular formula is BrCl3S. The summed E-state index contributed by atoms with van der Waals surface area (Å²) in [6.45, 7) is 0. The second kappa shape index (κ2) is 2.12. The third kappa shape index (κ3) is 27.0. The van der Waals surface area contributed by atoms with Crippen LogP contribution in [0, 0.1) is 0 Å². The Labute approximate surface area is 52.8 Å². The molecule has 0 aromatic carbocycles. The Hall–Kier alpha value is 1.70. The molecule has 0 aromatic rings. The van der Waals surface area contributed by atoms with Crippen LogP contribution in [-0.2, 0) is 0 Å². The number of hydrogen-bond donors (Lipinski definition) is 0. The monoisotopic (exact) mass is 216 g/mol. The van der Waals surface area contributed by atoms with E-state index in [1.165, 1.54) is 0 Å². The molecule has 0 aliphatic carbocycles. The zero-order chi connectivity index (χ0) is 4.50. The largest absolute Gasteiger partial charge is 0.0552 e. The summed E-state index contributed by atoms with van der Waals surface area (Å²) in [5.74, 6) is 0. The van der Waals surface area contributed by atoms with E-state index in [1.54, 1.807) is 0 Å². The minimum atomic E-state index is -1.94. The Morgan fingerprint density at radius 3 is 1.20 bits per heavy atom. The molecule has 0 aliphatic heterocycles. The van der Waals surface area contributed by atoms with Crippen molar-refractivity contribution < 1.29 is 0 Å². The Kier molecular flexibility index (Phi) is 2.85. The van der Waals surface area contributed by atoms with Crippen LogP contribution in [0.25, 0.3) is 0 Å². The molecule has 0 heterocycles. The minimum absolute atomic E-state index is 1.94. The average molecular weight is 218 g/mol. The van der Waals surface area contributed by atoms with Crippen molar-refractivity contribution >= 4 is 53.0 Å². The summed E-state index contributed by atoms with van der Waals surface area (Å²) in [6, 6.07) is 0. The summed E-state index contributed by atoms with van der Waals surface area (Å²) in [6.07, 6.45) is -1.94. The van der Waals surface area contributed by atoms with Gasteiger partial charge in [-0.1, -0.05) is 0 Å². The highest BCUT2D eigenvalue weighted by molar-refractivity contribution is 9.69. The Morgan fingerprint density at radius 2 is 1.20 bits per heavy atom. The van der Waals surface area contributed by atoms with E-state index in [1.807, 2.05) is 0 Å². The van der Waals surface area contributed by atoms with Crippen LogP contribution in [0.15, 0.2) is 0 Å². The molecule has 5 heavy (non-hydrogen) atoms. The predicted molar refractivity (Wildman–Crippen MR) is 34.1 cm³/mol. The van der Waals surface area contributed by atoms with E-state index >= 15 is 0 Å². The van der Waals surface area contributed by atoms with Gasteiger partial charge in [-0.05, 0) is 32.0 Å². The van der Waals surface area contributed by atoms with Crippen LogP contribution in [0.5, 0.6) is 0 Å². The predicted octanol–water partition coefficient (Wildman–Crippen LogP) is 3.56. The number of rotatable bonds is 0. The van der Waals surface area contributed by atoms with E-state index in [4.69, 9.17) is 32.0 Å². The summed E-state index contributed by atoms with van der Waals surface area (Å²) >= 11 is 2.75. The zero-order valence-electron chi connectivity index (χ0n) is 1.92. The van der Waals surface area contributed by atoms with Gasteiger partial charge in [0.25, 0.3) is 0 Å². The van der Waals surface area contributed by atoms with E-state index < -0.39 is 6.10 Å². The molecule has 0 N–H and O–H groups in total. The molecular weight excluding hydrogens is 218 g/mol. The molecule has 0 spiro atoms. The highest BCUT2D eigenvalue weighted by Gasteiger charge is 2.02. The summed E-state index contributed by atoms with van der Waals surface area (Å²) in [7, 11) is 15.2. The third-order valence-electron chi connectivity index (χ3n) is 0. The molecule has 0 unspecified atom stereocenters. The normalized spacial score (nSPS) is 15.2. The lowest BCUT2D eigenvalue weighted by Crippen LogP contribution is -1.31. The summed E-state index contributed by atoms with van der Waals surface area (Å²) in [5.41, 5.74) is 0. The van der Waals surface area contributed by atoms with Gasteiger partial charge >= 0.3 is 0 Å². The summed E-state index contributed by atoms with van der Waals surface area (Å²) in [4.78, 5) is 0. The quantitative estimate of drug-likeness (QED) is 0.583. The van der Waals surface area contributed by atoms with Gasteiger partial charge in [-0.2, -0.15) is 0 Å². The highest BCUT2D eigenvalue weighted by atomic mass is 79.9. The molecule has 0 rings (SSSR count). The van der Waals surface area contributed by atoms with Crippen molar-refractivity contribution in [3.63, 3.8) is 0 Å². The molecule has 0 radical (unpaired) electrons. The third-order valence-corrected chi connectivity index (χ3v) is 0. The Balaban J connectivity index is 3.02. The molecule has 0 nitrogen and oxygen atoms in total. The first-order valence-electron chi connectivity index (χ1n) is 0.617. The van der Waals surface area contributed by atoms with Crippen LogP contribution in [-0.4, -0.2) is 0 Å². The maximum atomic E-state index is 5.06. The van der Waals surface area contributed by atoms with E-state index in [2.05, 4.69) is 14.8 Å². The maximum absolute atomic E-state index is 5.06. The van der Waals surface area contributed by atoms with Gasteiger partial charge in [-0.3, -0.25) is 0 Å². The number of halogens is 4. The molecule has 0 amide bonds. The summed E-state index contributed by atoms with van der Waals surface area (Å²) in [5, 5.41) is 0. The fraction of sp³-hybridized carbons (Fsp3) is 0. The van der Waals surface area contributed by atoms with Gasteiger partial charge in [0.15, 0.2) is 0 Å². The van der Waals surface area contributed by atoms with Crippen LogP contribution in [0.2, 0.25) is 0 Å². The van der Waals surface area contributed by atoms with Crippen LogP contribution in [0.3, 0.4) is 0 Å². The maximum Gasteiger partial charge on any atom is 0.0552 e. The molecule has 0 saturated heterocycles. The van der Waals surface area contributed by atoms with E-state index in [-0.39, 0.29) is 0 Å². The minimum Gasteiger partial charge on any atom is -0.0235 e. The van der Waals surface area contributed by atoms with Gasteiger partial charge in [0.05, 0.1) is 6.10 Å². The van der Waals surface area contributed by atoms with Crippen molar-refractivity contribution in [1.82, 2.24) is 0 Å². The summed E-state index contributed by atoms with van der Waals surface area (Å²) < 4.78 is 0. The SMILES string of the molecule is ClS(Cl)(Cl)Br. The van der Waals surface area contributed by atoms with Crippen LogP contribution < -0.4 is 0 Å². The highest BCUT2D eigenvalue weighted by Crippen LogP contribution is 2.69. The first-order chi connectivity index (χ1) is 2.00. The van der Waals surface area contributed by atoms with Crippen molar-refractivity contribution in [2.75, 3.05) is 0 Å². The Morgan fingerprint density at radius 1 is 1.20 bits per heavy atom. The molecule has 0 bridgehead atoms. The Bertz CT molecular complexity index is 22.4. The second-order valence-corrected chi connectivity index (χ2v) is 12.9. The van der Waals surface area contributed by atoms with Crippen molar-refractivity contribution in [2.45, 2.75) is 0 Å². The first kappa shape index (κ1) is 6.70. The lowest BCUT2D eigenvalue weighted by molar-refractivity contribution is 4.72. The van der Waals surface area contributed by atoms with E-state index in [0.717, 1.165) is 0 Å². The standard InChI is InChI=1S/BrCl3S/c1-5(2,3)4. The molecule has 0 saturated carbocycles. The lowest BCUT2D eigenvalue weighted by Gasteiger charge is -1.98.